The molecule has 0 unspecified atom stereocenters. The molecule has 0 aliphatic carbocycles. The Kier molecular flexibility index (Phi) is 5.28. The Labute approximate surface area is 132 Å². The number of hydrogen-bond acceptors (Lipinski definition) is 2. The van der Waals surface area contributed by atoms with Gasteiger partial charge in [-0.3, -0.25) is 4.79 Å². The maximum atomic E-state index is 12.6. The molecule has 0 aromatic heterocycles. The number of nitrogens with zero attached hydrogens (tertiary/aromatic N) is 1. The van der Waals surface area contributed by atoms with E-state index in [4.69, 9.17) is 16.3 Å². The zero-order valence-corrected chi connectivity index (χ0v) is 13.8. The first-order valence-electron chi connectivity index (χ1n) is 7.63. The van der Waals surface area contributed by atoms with Gasteiger partial charge in [-0.05, 0) is 51.3 Å². The van der Waals surface area contributed by atoms with E-state index in [0.717, 1.165) is 31.0 Å². The number of rotatable bonds is 4. The zero-order chi connectivity index (χ0) is 15.5. The van der Waals surface area contributed by atoms with Gasteiger partial charge in [0.25, 0.3) is 5.91 Å². The number of carbonyl (C=O) groups is 1. The van der Waals surface area contributed by atoms with Gasteiger partial charge >= 0.3 is 0 Å². The van der Waals surface area contributed by atoms with Crippen molar-refractivity contribution in [1.82, 2.24) is 4.90 Å². The van der Waals surface area contributed by atoms with Gasteiger partial charge in [-0.25, -0.2) is 0 Å². The van der Waals surface area contributed by atoms with Crippen LogP contribution in [0.1, 0.15) is 45.1 Å². The van der Waals surface area contributed by atoms with Gasteiger partial charge < -0.3 is 9.64 Å². The second-order valence-corrected chi connectivity index (χ2v) is 6.52. The smallest absolute Gasteiger partial charge is 0.254 e. The van der Waals surface area contributed by atoms with Gasteiger partial charge in [0.05, 0.1) is 0 Å². The molecule has 116 valence electrons. The van der Waals surface area contributed by atoms with Crippen LogP contribution in [-0.2, 0) is 9.53 Å². The van der Waals surface area contributed by atoms with Gasteiger partial charge in [0.1, 0.15) is 5.60 Å². The maximum Gasteiger partial charge on any atom is 0.254 e. The molecule has 0 radical (unpaired) electrons. The fraction of sp³-hybridized carbons (Fsp3) is 0.588. The van der Waals surface area contributed by atoms with Crippen molar-refractivity contribution >= 4 is 17.5 Å². The van der Waals surface area contributed by atoms with Crippen LogP contribution in [0.3, 0.4) is 0 Å². The first-order chi connectivity index (χ1) is 9.94. The summed E-state index contributed by atoms with van der Waals surface area (Å²) >= 11 is 5.94. The van der Waals surface area contributed by atoms with E-state index in [0.29, 0.717) is 12.5 Å². The Bertz CT molecular complexity index is 484. The number of halogens is 1. The highest BCUT2D eigenvalue weighted by molar-refractivity contribution is 6.30. The van der Waals surface area contributed by atoms with Crippen LogP contribution in [0.15, 0.2) is 24.3 Å². The Hall–Kier alpha value is -1.06. The van der Waals surface area contributed by atoms with Crippen LogP contribution in [0.2, 0.25) is 5.02 Å². The number of piperidine rings is 1. The molecule has 21 heavy (non-hydrogen) atoms. The lowest BCUT2D eigenvalue weighted by atomic mass is 9.90. The average molecular weight is 310 g/mol. The van der Waals surface area contributed by atoms with Crippen LogP contribution < -0.4 is 0 Å². The highest BCUT2D eigenvalue weighted by Gasteiger charge is 2.35. The molecule has 0 bridgehead atoms. The lowest BCUT2D eigenvalue weighted by Crippen LogP contribution is -2.50. The molecular weight excluding hydrogens is 286 g/mol. The number of carbonyl (C=O) groups excluding carboxylic acids is 1. The Morgan fingerprint density at radius 3 is 2.67 bits per heavy atom. The number of likely N-dealkylation sites (tertiary alicyclic amines) is 1. The van der Waals surface area contributed by atoms with Crippen LogP contribution in [0.4, 0.5) is 0 Å². The summed E-state index contributed by atoms with van der Waals surface area (Å²) in [6.45, 7) is 7.75. The highest BCUT2D eigenvalue weighted by atomic mass is 35.5. The molecule has 1 aromatic carbocycles. The summed E-state index contributed by atoms with van der Waals surface area (Å²) < 4.78 is 5.59. The van der Waals surface area contributed by atoms with Gasteiger partial charge in [-0.2, -0.15) is 0 Å². The van der Waals surface area contributed by atoms with Crippen LogP contribution in [0.25, 0.3) is 0 Å². The molecule has 0 N–H and O–H groups in total. The second kappa shape index (κ2) is 6.80. The molecule has 1 saturated heterocycles. The largest absolute Gasteiger partial charge is 0.366 e. The van der Waals surface area contributed by atoms with Crippen LogP contribution in [-0.4, -0.2) is 36.1 Å². The molecule has 1 aliphatic heterocycles. The average Bonchev–Trinajstić information content (AvgIpc) is 2.47. The molecule has 4 heteroatoms. The molecule has 1 aromatic rings. The minimum absolute atomic E-state index is 0.0861. The fourth-order valence-corrected chi connectivity index (χ4v) is 3.10. The Morgan fingerprint density at radius 2 is 2.05 bits per heavy atom. The molecule has 1 fully saturated rings. The third-order valence-corrected chi connectivity index (χ3v) is 4.32. The number of benzene rings is 1. The predicted molar refractivity (Wildman–Crippen MR) is 85.7 cm³/mol. The molecule has 0 spiro atoms. The molecule has 3 nitrogen and oxygen atoms in total. The summed E-state index contributed by atoms with van der Waals surface area (Å²) in [4.78, 5) is 14.6. The third-order valence-electron chi connectivity index (χ3n) is 4.07. The second-order valence-electron chi connectivity index (χ2n) is 6.09. The summed E-state index contributed by atoms with van der Waals surface area (Å²) in [6.07, 6.45) is 2.14. The van der Waals surface area contributed by atoms with Crippen LogP contribution in [0.5, 0.6) is 0 Å². The van der Waals surface area contributed by atoms with Crippen molar-refractivity contribution in [3.05, 3.63) is 34.9 Å². The van der Waals surface area contributed by atoms with Crippen LogP contribution >= 0.6 is 11.6 Å². The van der Waals surface area contributed by atoms with E-state index in [9.17, 15) is 4.79 Å². The normalized spacial score (nSPS) is 19.6. The minimum Gasteiger partial charge on any atom is -0.366 e. The molecule has 0 saturated carbocycles. The molecule has 1 atom stereocenters. The quantitative estimate of drug-likeness (QED) is 0.845. The van der Waals surface area contributed by atoms with Gasteiger partial charge in [0.15, 0.2) is 0 Å². The molecular formula is C17H24ClNO2. The summed E-state index contributed by atoms with van der Waals surface area (Å²) in [7, 11) is 0. The number of amides is 1. The van der Waals surface area contributed by atoms with Gasteiger partial charge in [0, 0.05) is 30.6 Å². The van der Waals surface area contributed by atoms with E-state index in [1.54, 1.807) is 0 Å². The van der Waals surface area contributed by atoms with Gasteiger partial charge in [-0.1, -0.05) is 23.7 Å². The zero-order valence-electron chi connectivity index (χ0n) is 13.1. The van der Waals surface area contributed by atoms with E-state index in [-0.39, 0.29) is 5.91 Å². The van der Waals surface area contributed by atoms with E-state index >= 15 is 0 Å². The molecule has 2 rings (SSSR count). The lowest BCUT2D eigenvalue weighted by Gasteiger charge is -2.37. The topological polar surface area (TPSA) is 29.5 Å². The van der Waals surface area contributed by atoms with Crippen molar-refractivity contribution in [3.8, 4) is 0 Å². The van der Waals surface area contributed by atoms with Crippen molar-refractivity contribution in [2.45, 2.75) is 45.1 Å². The monoisotopic (exact) mass is 309 g/mol. The molecule has 1 amide bonds. The standard InChI is InChI=1S/C17H24ClNO2/c1-4-21-17(2,3)16(20)19-11-5-6-14(12-19)13-7-9-15(18)10-8-13/h7-10,14H,4-6,11-12H2,1-3H3/t14-/m1/s1. The van der Waals surface area contributed by atoms with E-state index in [1.807, 2.05) is 37.8 Å². The van der Waals surface area contributed by atoms with Crippen molar-refractivity contribution < 1.29 is 9.53 Å². The number of ether oxygens (including phenoxy) is 1. The van der Waals surface area contributed by atoms with E-state index < -0.39 is 5.60 Å². The maximum absolute atomic E-state index is 12.6. The Morgan fingerprint density at radius 1 is 1.38 bits per heavy atom. The van der Waals surface area contributed by atoms with Crippen LogP contribution in [0, 0.1) is 0 Å². The van der Waals surface area contributed by atoms with Crippen molar-refractivity contribution in [3.63, 3.8) is 0 Å². The van der Waals surface area contributed by atoms with Gasteiger partial charge in [0.2, 0.25) is 0 Å². The minimum atomic E-state index is -0.739. The first-order valence-corrected chi connectivity index (χ1v) is 8.00. The summed E-state index contributed by atoms with van der Waals surface area (Å²) in [5.41, 5.74) is 0.516. The molecule has 1 aliphatic rings. The third kappa shape index (κ3) is 3.98. The number of hydrogen-bond donors (Lipinski definition) is 0. The summed E-state index contributed by atoms with van der Waals surface area (Å²) in [5, 5.41) is 0.750. The van der Waals surface area contributed by atoms with E-state index in [1.165, 1.54) is 5.56 Å². The molecule has 1 heterocycles. The predicted octanol–water partition coefficient (Wildman–Crippen LogP) is 3.86. The van der Waals surface area contributed by atoms with Crippen molar-refractivity contribution in [2.24, 2.45) is 0 Å². The Balaban J connectivity index is 2.07. The highest BCUT2D eigenvalue weighted by Crippen LogP contribution is 2.29. The first kappa shape index (κ1) is 16.3. The van der Waals surface area contributed by atoms with Crippen molar-refractivity contribution in [1.29, 1.82) is 0 Å². The van der Waals surface area contributed by atoms with E-state index in [2.05, 4.69) is 12.1 Å². The van der Waals surface area contributed by atoms with Crippen molar-refractivity contribution in [2.75, 3.05) is 19.7 Å². The fourth-order valence-electron chi connectivity index (χ4n) is 2.97. The lowest BCUT2D eigenvalue weighted by molar-refractivity contribution is -0.155. The summed E-state index contributed by atoms with van der Waals surface area (Å²) in [6, 6.07) is 7.97. The SMILES string of the molecule is CCOC(C)(C)C(=O)N1CCC[C@@H](c2ccc(Cl)cc2)C1. The van der Waals surface area contributed by atoms with Gasteiger partial charge in [-0.15, -0.1) is 0 Å². The summed E-state index contributed by atoms with van der Waals surface area (Å²) in [5.74, 6) is 0.473.